The predicted octanol–water partition coefficient (Wildman–Crippen LogP) is 2.35. The molecule has 0 spiro atoms. The summed E-state index contributed by atoms with van der Waals surface area (Å²) in [6.45, 7) is 5.04. The summed E-state index contributed by atoms with van der Waals surface area (Å²) in [5, 5.41) is 7.36. The van der Waals surface area contributed by atoms with Crippen molar-refractivity contribution in [3.8, 4) is 11.4 Å². The van der Waals surface area contributed by atoms with E-state index in [1.54, 1.807) is 6.20 Å². The Kier molecular flexibility index (Phi) is 3.92. The van der Waals surface area contributed by atoms with Gasteiger partial charge in [0, 0.05) is 32.3 Å². The van der Waals surface area contributed by atoms with Crippen molar-refractivity contribution in [1.82, 2.24) is 19.7 Å². The van der Waals surface area contributed by atoms with E-state index in [0.717, 1.165) is 42.4 Å². The molecule has 2 rings (SSSR count). The predicted molar refractivity (Wildman–Crippen MR) is 72.5 cm³/mol. The molecule has 0 saturated carbocycles. The van der Waals surface area contributed by atoms with Gasteiger partial charge in [-0.3, -0.25) is 4.68 Å². The summed E-state index contributed by atoms with van der Waals surface area (Å²) < 4.78 is 1.94. The molecule has 5 nitrogen and oxygen atoms in total. The van der Waals surface area contributed by atoms with Gasteiger partial charge in [-0.05, 0) is 19.4 Å². The standard InChI is InChI=1S/C13H19N5/c1-4-6-12-16-10(9-13(14-3)17-12)11-7-8-15-18(11)5-2/h7-9H,4-6H2,1-3H3,(H,14,16,17). The third kappa shape index (κ3) is 2.50. The molecule has 18 heavy (non-hydrogen) atoms. The smallest absolute Gasteiger partial charge is 0.131 e. The van der Waals surface area contributed by atoms with Gasteiger partial charge >= 0.3 is 0 Å². The molecular weight excluding hydrogens is 226 g/mol. The van der Waals surface area contributed by atoms with E-state index < -0.39 is 0 Å². The highest BCUT2D eigenvalue weighted by atomic mass is 15.3. The normalized spacial score (nSPS) is 10.6. The van der Waals surface area contributed by atoms with E-state index in [-0.39, 0.29) is 0 Å². The monoisotopic (exact) mass is 245 g/mol. The van der Waals surface area contributed by atoms with Crippen LogP contribution in [0.15, 0.2) is 18.3 Å². The number of hydrogen-bond donors (Lipinski definition) is 1. The van der Waals surface area contributed by atoms with Gasteiger partial charge in [0.05, 0.1) is 11.4 Å². The van der Waals surface area contributed by atoms with E-state index >= 15 is 0 Å². The highest BCUT2D eigenvalue weighted by Gasteiger charge is 2.09. The van der Waals surface area contributed by atoms with E-state index in [2.05, 4.69) is 34.2 Å². The Bertz CT molecular complexity index is 518. The maximum atomic E-state index is 4.61. The molecule has 0 aromatic carbocycles. The van der Waals surface area contributed by atoms with E-state index in [4.69, 9.17) is 0 Å². The van der Waals surface area contributed by atoms with E-state index in [0.29, 0.717) is 0 Å². The van der Waals surface area contributed by atoms with Gasteiger partial charge < -0.3 is 5.32 Å². The van der Waals surface area contributed by atoms with E-state index in [9.17, 15) is 0 Å². The molecule has 0 bridgehead atoms. The zero-order valence-corrected chi connectivity index (χ0v) is 11.1. The van der Waals surface area contributed by atoms with Crippen LogP contribution in [0.3, 0.4) is 0 Å². The number of rotatable bonds is 5. The molecule has 2 heterocycles. The molecule has 0 amide bonds. The van der Waals surface area contributed by atoms with Crippen molar-refractivity contribution in [3.05, 3.63) is 24.2 Å². The molecule has 0 radical (unpaired) electrons. The SMILES string of the molecule is CCCc1nc(NC)cc(-c2ccnn2CC)n1. The Labute approximate surface area is 107 Å². The molecule has 2 aromatic rings. The summed E-state index contributed by atoms with van der Waals surface area (Å²) in [4.78, 5) is 9.07. The Balaban J connectivity index is 2.46. The fraction of sp³-hybridized carbons (Fsp3) is 0.462. The zero-order valence-electron chi connectivity index (χ0n) is 11.1. The molecule has 0 unspecified atom stereocenters. The van der Waals surface area contributed by atoms with Gasteiger partial charge in [0.15, 0.2) is 0 Å². The van der Waals surface area contributed by atoms with Crippen LogP contribution in [-0.4, -0.2) is 26.8 Å². The average molecular weight is 245 g/mol. The fourth-order valence-electron chi connectivity index (χ4n) is 1.89. The quantitative estimate of drug-likeness (QED) is 0.878. The molecule has 0 aliphatic carbocycles. The topological polar surface area (TPSA) is 55.6 Å². The van der Waals surface area contributed by atoms with Gasteiger partial charge in [-0.2, -0.15) is 5.10 Å². The number of nitrogens with one attached hydrogen (secondary N) is 1. The highest BCUT2D eigenvalue weighted by Crippen LogP contribution is 2.20. The summed E-state index contributed by atoms with van der Waals surface area (Å²) >= 11 is 0. The lowest BCUT2D eigenvalue weighted by Gasteiger charge is -2.08. The van der Waals surface area contributed by atoms with E-state index in [1.165, 1.54) is 0 Å². The largest absolute Gasteiger partial charge is 0.373 e. The van der Waals surface area contributed by atoms with Crippen LogP contribution in [0.4, 0.5) is 5.82 Å². The van der Waals surface area contributed by atoms with Gasteiger partial charge in [-0.25, -0.2) is 9.97 Å². The van der Waals surface area contributed by atoms with Gasteiger partial charge in [-0.1, -0.05) is 6.92 Å². The van der Waals surface area contributed by atoms with Gasteiger partial charge in [0.1, 0.15) is 11.6 Å². The fourth-order valence-corrected chi connectivity index (χ4v) is 1.89. The van der Waals surface area contributed by atoms with Gasteiger partial charge in [0.25, 0.3) is 0 Å². The second-order valence-electron chi connectivity index (χ2n) is 4.09. The minimum Gasteiger partial charge on any atom is -0.373 e. The maximum absolute atomic E-state index is 4.61. The summed E-state index contributed by atoms with van der Waals surface area (Å²) in [6.07, 6.45) is 3.74. The van der Waals surface area contributed by atoms with Crippen molar-refractivity contribution in [1.29, 1.82) is 0 Å². The molecule has 0 fully saturated rings. The molecule has 5 heteroatoms. The molecule has 96 valence electrons. The molecule has 0 saturated heterocycles. The van der Waals surface area contributed by atoms with Crippen LogP contribution in [0.25, 0.3) is 11.4 Å². The Hall–Kier alpha value is -1.91. The minimum absolute atomic E-state index is 0.838. The van der Waals surface area contributed by atoms with Crippen molar-refractivity contribution in [2.24, 2.45) is 0 Å². The van der Waals surface area contributed by atoms with Crippen LogP contribution < -0.4 is 5.32 Å². The summed E-state index contributed by atoms with van der Waals surface area (Å²) in [5.41, 5.74) is 1.96. The van der Waals surface area contributed by atoms with Crippen molar-refractivity contribution < 1.29 is 0 Å². The van der Waals surface area contributed by atoms with Crippen LogP contribution in [0, 0.1) is 0 Å². The summed E-state index contributed by atoms with van der Waals surface area (Å²) in [6, 6.07) is 3.95. The average Bonchev–Trinajstić information content (AvgIpc) is 2.87. The van der Waals surface area contributed by atoms with E-state index in [1.807, 2.05) is 23.9 Å². The summed E-state index contributed by atoms with van der Waals surface area (Å²) in [5.74, 6) is 1.73. The number of aryl methyl sites for hydroxylation is 2. The van der Waals surface area contributed by atoms with Gasteiger partial charge in [0.2, 0.25) is 0 Å². The lowest BCUT2D eigenvalue weighted by atomic mass is 10.2. The number of anilines is 1. The molecule has 0 atom stereocenters. The minimum atomic E-state index is 0.838. The third-order valence-electron chi connectivity index (χ3n) is 2.78. The maximum Gasteiger partial charge on any atom is 0.131 e. The highest BCUT2D eigenvalue weighted by molar-refractivity contribution is 5.58. The second-order valence-corrected chi connectivity index (χ2v) is 4.09. The lowest BCUT2D eigenvalue weighted by molar-refractivity contribution is 0.665. The van der Waals surface area contributed by atoms with Crippen LogP contribution in [0.2, 0.25) is 0 Å². The van der Waals surface area contributed by atoms with Crippen LogP contribution in [0.5, 0.6) is 0 Å². The molecule has 1 N–H and O–H groups in total. The lowest BCUT2D eigenvalue weighted by Crippen LogP contribution is -2.05. The van der Waals surface area contributed by atoms with Gasteiger partial charge in [-0.15, -0.1) is 0 Å². The summed E-state index contributed by atoms with van der Waals surface area (Å²) in [7, 11) is 1.87. The first-order valence-corrected chi connectivity index (χ1v) is 6.36. The molecule has 0 aliphatic rings. The first kappa shape index (κ1) is 12.5. The third-order valence-corrected chi connectivity index (χ3v) is 2.78. The molecule has 0 aliphatic heterocycles. The first-order chi connectivity index (χ1) is 8.78. The second kappa shape index (κ2) is 5.62. The Morgan fingerprint density at radius 3 is 2.78 bits per heavy atom. The zero-order chi connectivity index (χ0) is 13.0. The van der Waals surface area contributed by atoms with Crippen molar-refractivity contribution >= 4 is 5.82 Å². The van der Waals surface area contributed by atoms with Crippen molar-refractivity contribution in [2.45, 2.75) is 33.2 Å². The Morgan fingerprint density at radius 2 is 2.11 bits per heavy atom. The van der Waals surface area contributed by atoms with Crippen LogP contribution in [0.1, 0.15) is 26.1 Å². The van der Waals surface area contributed by atoms with Crippen molar-refractivity contribution in [3.63, 3.8) is 0 Å². The van der Waals surface area contributed by atoms with Crippen LogP contribution in [-0.2, 0) is 13.0 Å². The van der Waals surface area contributed by atoms with Crippen LogP contribution >= 0.6 is 0 Å². The van der Waals surface area contributed by atoms with Crippen molar-refractivity contribution in [2.75, 3.05) is 12.4 Å². The Morgan fingerprint density at radius 1 is 1.28 bits per heavy atom. The molecule has 2 aromatic heterocycles. The number of hydrogen-bond acceptors (Lipinski definition) is 4. The number of aromatic nitrogens is 4. The first-order valence-electron chi connectivity index (χ1n) is 6.36. The number of nitrogens with zero attached hydrogens (tertiary/aromatic N) is 4. The molecular formula is C13H19N5.